The largest absolute Gasteiger partial charge is 1.00 e. The molecule has 1 fully saturated rings. The standard InChI is InChI=1S/C17H24N2O5.C16H24N2O4.C11H15N3O3.C10H15N3O2.C9H16O4.C8H8N2O3.C8H10N2O2.C8H9NO2.C4H8O.C2H4O2.C2H6O.B.Li.H/c1-11(10-13(20)24-17(2,3)4)15(21)19-14(16(22)23-5)12-8-6-7-9-18-12;1-11(9-14(20)22-16(2,3)4)15(21)18-13(10-19)12-7-5-6-8-17-12;1-7(12)10(15)14-9(11(16)17-2)8-5-3-4-6-13-8;1-7(11)10(15)13-9(6-14)8-4-2-3-5-12-8;1-6(8(11)12)5-7(10)13-9(2,3)4;1-13-8(11)7(10-12)6-4-2-3-5-9-6;1-12-8(11)7(9)6-4-2-3-5-10-6;1-11-8(10)6-7-4-2-3-5-9-7;1-2-4-5-3-1;1-2(3)4;1-2-3;;;/h6-9,11,14H,10H2,1-5H3,(H,19,21);5-8,11,13,19H,9-10H2,1-4H3,(H,18,21);3-7,9H,12H2,1-2H3,(H,14,15);2-5,7,9,14H,6,11H2,1H3,(H,13,15);6H,5H2,1-4H3,(H,11,12);2-5,12H,1H3;2-5,7H,9H2,1H3;2-5H,6H2,1H3;1-4H2;1H3,(H,3,4);3H,2H2,1H3;;;/q;;;;;;;;;;;;+1;-1/t11-,14?;11-,13?;2*7-,9?;6-;;;;;;;;;/m11001........./s1. The Labute approximate surface area is 837 Å². The zero-order valence-corrected chi connectivity index (χ0v) is 84.2. The number of carboxylic acid groups (broad SMARTS) is 2. The van der Waals surface area contributed by atoms with Crippen LogP contribution in [0.15, 0.2) is 176 Å². The summed E-state index contributed by atoms with van der Waals surface area (Å²) in [4.78, 5) is 185. The van der Waals surface area contributed by atoms with Crippen LogP contribution in [0.5, 0.6) is 0 Å². The molecule has 5 unspecified atom stereocenters. The van der Waals surface area contributed by atoms with Gasteiger partial charge in [0.05, 0.1) is 144 Å². The van der Waals surface area contributed by atoms with Crippen LogP contribution < -0.4 is 57.3 Å². The molecule has 141 heavy (non-hydrogen) atoms. The van der Waals surface area contributed by atoms with Crippen molar-refractivity contribution in [3.8, 4) is 0 Å². The van der Waals surface area contributed by atoms with Gasteiger partial charge in [-0.25, -0.2) is 19.2 Å². The van der Waals surface area contributed by atoms with Gasteiger partial charge in [-0.1, -0.05) is 68.4 Å². The van der Waals surface area contributed by atoms with Gasteiger partial charge in [0.15, 0.2) is 12.1 Å². The Morgan fingerprint density at radius 3 is 1.00 bits per heavy atom. The van der Waals surface area contributed by atoms with Crippen molar-refractivity contribution in [3.63, 3.8) is 0 Å². The van der Waals surface area contributed by atoms with E-state index in [1.807, 2.05) is 6.07 Å². The maximum atomic E-state index is 12.3. The van der Waals surface area contributed by atoms with E-state index in [1.54, 1.807) is 236 Å². The predicted octanol–water partition coefficient (Wildman–Crippen LogP) is 3.26. The van der Waals surface area contributed by atoms with Gasteiger partial charge in [-0.2, -0.15) is 0 Å². The van der Waals surface area contributed by atoms with Crippen LogP contribution in [0.4, 0.5) is 0 Å². The van der Waals surface area contributed by atoms with Gasteiger partial charge in [0.25, 0.3) is 5.97 Å². The summed E-state index contributed by atoms with van der Waals surface area (Å²) in [6, 6.07) is 31.1. The predicted molar refractivity (Wildman–Crippen MR) is 513 cm³/mol. The minimum Gasteiger partial charge on any atom is -1.00 e. The fraction of sp³-hybridized carbons (Fsp3) is 0.474. The summed E-state index contributed by atoms with van der Waals surface area (Å²) >= 11 is 0. The van der Waals surface area contributed by atoms with Crippen LogP contribution in [-0.4, -0.2) is 261 Å². The third kappa shape index (κ3) is 67.4. The molecule has 0 spiro atoms. The Balaban J connectivity index is -0.000000368. The number of carbonyl (C=O) groups excluding carboxylic acids is 12. The Morgan fingerprint density at radius 2 is 0.730 bits per heavy atom. The number of aliphatic hydroxyl groups excluding tert-OH is 3. The van der Waals surface area contributed by atoms with E-state index in [0.29, 0.717) is 28.5 Å². The second-order valence-corrected chi connectivity index (χ2v) is 32.1. The summed E-state index contributed by atoms with van der Waals surface area (Å²) in [5.41, 5.74) is 17.9. The van der Waals surface area contributed by atoms with E-state index in [1.165, 1.54) is 80.8 Å². The van der Waals surface area contributed by atoms with Gasteiger partial charge in [-0.05, 0) is 181 Å². The van der Waals surface area contributed by atoms with Crippen molar-refractivity contribution in [1.82, 2.24) is 56.2 Å². The molecule has 0 saturated carbocycles. The van der Waals surface area contributed by atoms with E-state index < -0.39 is 142 Å². The topological polar surface area (TPSA) is 672 Å². The molecule has 1 aliphatic heterocycles. The van der Waals surface area contributed by atoms with Gasteiger partial charge in [-0.3, -0.25) is 82.8 Å². The molecule has 7 aromatic rings. The molecule has 44 nitrogen and oxygen atoms in total. The summed E-state index contributed by atoms with van der Waals surface area (Å²) < 4.78 is 42.9. The maximum Gasteiger partial charge on any atom is 1.00 e. The number of amides is 4. The zero-order valence-electron chi connectivity index (χ0n) is 85.2. The number of methoxy groups -OCH3 is 5. The molecule has 773 valence electrons. The minimum atomic E-state index is -1.02. The number of hydrogen-bond acceptors (Lipinski definition) is 38. The first-order valence-corrected chi connectivity index (χ1v) is 43.2. The smallest absolute Gasteiger partial charge is 1.00 e. The second kappa shape index (κ2) is 77.3. The molecule has 46 heteroatoms. The SMILES string of the molecule is C1CCOC1.CC(=O)O.CCO.COC(=O)C(=NO)c1ccccn1.COC(=O)C(N)c1ccccn1.COC(=O)C(NC(=O)[C@H](C)CC(=O)OC(C)(C)C)c1ccccn1.COC(=O)C(NC(=O)[C@H](C)N)c1ccccn1.COC(=O)Cc1ccccn1.C[C@H](CC(=O)OC(C)(C)C)C(=O)NC(CO)c1ccccn1.C[C@H](CC(=O)OC(C)(C)C)C(=O)O.C[C@H](N)C(=O)NC(CO)c1ccccn1.[B].[H-].[Li+]. The first-order valence-electron chi connectivity index (χ1n) is 43.2. The van der Waals surface area contributed by atoms with E-state index in [4.69, 9.17) is 71.3 Å². The van der Waals surface area contributed by atoms with Crippen molar-refractivity contribution in [1.29, 1.82) is 0 Å². The molecule has 0 aliphatic carbocycles. The number of nitrogens with one attached hydrogen (secondary N) is 4. The third-order valence-corrected chi connectivity index (χ3v) is 16.3. The molecule has 8 heterocycles. The number of nitrogens with two attached hydrogens (primary N) is 3. The second-order valence-electron chi connectivity index (χ2n) is 32.1. The fourth-order valence-corrected chi connectivity index (χ4v) is 9.61. The van der Waals surface area contributed by atoms with Crippen LogP contribution in [0.25, 0.3) is 0 Å². The van der Waals surface area contributed by atoms with Crippen LogP contribution >= 0.6 is 0 Å². The van der Waals surface area contributed by atoms with Crippen LogP contribution in [0, 0.1) is 17.8 Å². The van der Waals surface area contributed by atoms with E-state index in [2.05, 4.69) is 80.3 Å². The van der Waals surface area contributed by atoms with Crippen molar-refractivity contribution in [2.75, 3.05) is 68.6 Å². The number of esters is 8. The molecule has 16 N–H and O–H groups in total. The third-order valence-electron chi connectivity index (χ3n) is 16.3. The number of ether oxygens (including phenoxy) is 9. The Hall–Kier alpha value is -13.5. The number of rotatable bonds is 29. The number of nitrogens with zero attached hydrogens (tertiary/aromatic N) is 8. The summed E-state index contributed by atoms with van der Waals surface area (Å²) in [7, 11) is 6.34. The van der Waals surface area contributed by atoms with Crippen molar-refractivity contribution in [2.24, 2.45) is 40.1 Å². The normalized spacial score (nSPS) is 12.8. The molecule has 0 aromatic carbocycles. The van der Waals surface area contributed by atoms with Gasteiger partial charge < -0.3 is 113 Å². The molecule has 1 saturated heterocycles. The number of carboxylic acids is 2. The summed E-state index contributed by atoms with van der Waals surface area (Å²) in [5, 5.41) is 63.7. The Bertz CT molecular complexity index is 4730. The maximum absolute atomic E-state index is 12.3. The van der Waals surface area contributed by atoms with Crippen LogP contribution in [0.1, 0.15) is 214 Å². The number of carbonyl (C=O) groups is 14. The van der Waals surface area contributed by atoms with Crippen molar-refractivity contribution in [3.05, 3.63) is 211 Å². The van der Waals surface area contributed by atoms with E-state index in [0.717, 1.165) is 25.8 Å². The van der Waals surface area contributed by atoms with Crippen LogP contribution in [0.3, 0.4) is 0 Å². The molecule has 1 aliphatic rings. The molecule has 10 atom stereocenters. The van der Waals surface area contributed by atoms with Gasteiger partial charge in [0.1, 0.15) is 22.8 Å². The first-order chi connectivity index (χ1) is 65.3. The molecule has 8 rings (SSSR count). The first kappa shape index (κ1) is 136. The zero-order chi connectivity index (χ0) is 106. The van der Waals surface area contributed by atoms with E-state index in [9.17, 15) is 67.4 Å². The monoisotopic (exact) mass is 1970 g/mol. The molecular formula is C95H140BLiN15O29. The Kier molecular flexibility index (Phi) is 74.6. The summed E-state index contributed by atoms with van der Waals surface area (Å²) in [5.74, 6) is -9.27. The van der Waals surface area contributed by atoms with Gasteiger partial charge in [-0.15, -0.1) is 0 Å². The Morgan fingerprint density at radius 1 is 0.426 bits per heavy atom. The molecule has 7 aromatic heterocycles. The number of hydrogen-bond donors (Lipinski definition) is 13. The molecule has 0 bridgehead atoms. The number of pyridine rings is 7. The number of aromatic nitrogens is 7. The van der Waals surface area contributed by atoms with E-state index >= 15 is 0 Å². The van der Waals surface area contributed by atoms with Gasteiger partial charge >= 0.3 is 72.6 Å². The van der Waals surface area contributed by atoms with Crippen molar-refractivity contribution >= 4 is 97.4 Å². The molecular weight excluding hydrogens is 1830 g/mol. The van der Waals surface area contributed by atoms with Gasteiger partial charge in [0, 0.05) is 90.4 Å². The number of aliphatic hydroxyl groups is 3. The average Bonchev–Trinajstić information content (AvgIpc) is 0.913. The molecule has 3 radical (unpaired) electrons. The van der Waals surface area contributed by atoms with Crippen LogP contribution in [0.2, 0.25) is 0 Å². The number of aliphatic carboxylic acids is 2. The van der Waals surface area contributed by atoms with E-state index in [-0.39, 0.29) is 103 Å². The quantitative estimate of drug-likeness (QED) is 0.00799. The molecule has 4 amide bonds. The van der Waals surface area contributed by atoms with Gasteiger partial charge in [0.2, 0.25) is 29.3 Å². The minimum absolute atomic E-state index is 0. The summed E-state index contributed by atoms with van der Waals surface area (Å²) in [6.45, 7) is 28.2. The fourth-order valence-electron chi connectivity index (χ4n) is 9.61. The summed E-state index contributed by atoms with van der Waals surface area (Å²) in [6.07, 6.45) is 13.6. The van der Waals surface area contributed by atoms with Crippen LogP contribution in [-0.2, 0) is 116 Å². The number of oxime groups is 1. The van der Waals surface area contributed by atoms with Crippen molar-refractivity contribution in [2.45, 2.75) is 208 Å². The van der Waals surface area contributed by atoms with Crippen molar-refractivity contribution < 1.29 is 161 Å². The average molecular weight is 1970 g/mol.